The normalized spacial score (nSPS) is 28.7. The number of aromatic nitrogens is 2. The third kappa shape index (κ3) is 1.18. The van der Waals surface area contributed by atoms with Gasteiger partial charge in [-0.05, 0) is 30.5 Å². The lowest BCUT2D eigenvalue weighted by Gasteiger charge is -2.38. The predicted octanol–water partition coefficient (Wildman–Crippen LogP) is 2.36. The van der Waals surface area contributed by atoms with Gasteiger partial charge in [-0.15, -0.1) is 0 Å². The molecule has 0 unspecified atom stereocenters. The summed E-state index contributed by atoms with van der Waals surface area (Å²) >= 11 is 0. The number of hydrogen-bond acceptors (Lipinski definition) is 2. The molecular formula is C14H13FN2O. The van der Waals surface area contributed by atoms with E-state index in [4.69, 9.17) is 0 Å². The van der Waals surface area contributed by atoms with Crippen LogP contribution in [0.3, 0.4) is 0 Å². The summed E-state index contributed by atoms with van der Waals surface area (Å²) in [4.78, 5) is 4.15. The topological polar surface area (TPSA) is 38.1 Å². The number of hydrogen-bond donors (Lipinski definition) is 1. The van der Waals surface area contributed by atoms with Crippen LogP contribution >= 0.6 is 0 Å². The zero-order valence-corrected chi connectivity index (χ0v) is 9.75. The van der Waals surface area contributed by atoms with Gasteiger partial charge in [0.1, 0.15) is 5.82 Å². The smallest absolute Gasteiger partial charge is 0.123 e. The van der Waals surface area contributed by atoms with Crippen molar-refractivity contribution in [1.82, 2.24) is 9.55 Å². The summed E-state index contributed by atoms with van der Waals surface area (Å²) in [7, 11) is 0. The van der Waals surface area contributed by atoms with Gasteiger partial charge in [-0.25, -0.2) is 9.37 Å². The highest BCUT2D eigenvalue weighted by Gasteiger charge is 2.42. The molecular weight excluding hydrogens is 231 g/mol. The van der Waals surface area contributed by atoms with E-state index in [2.05, 4.69) is 9.55 Å². The third-order valence-corrected chi connectivity index (χ3v) is 4.27. The Morgan fingerprint density at radius 2 is 2.22 bits per heavy atom. The van der Waals surface area contributed by atoms with Gasteiger partial charge in [0.25, 0.3) is 0 Å². The number of aliphatic hydroxyl groups excluding tert-OH is 1. The number of aliphatic hydroxyl groups is 1. The molecule has 0 saturated heterocycles. The molecule has 2 heterocycles. The van der Waals surface area contributed by atoms with E-state index < -0.39 is 0 Å². The zero-order valence-electron chi connectivity index (χ0n) is 9.75. The highest BCUT2D eigenvalue weighted by Crippen LogP contribution is 2.48. The molecule has 0 radical (unpaired) electrons. The Hall–Kier alpha value is -1.68. The van der Waals surface area contributed by atoms with Crippen LogP contribution in [0.1, 0.15) is 24.4 Å². The minimum atomic E-state index is -0.249. The summed E-state index contributed by atoms with van der Waals surface area (Å²) in [6.45, 7) is 0. The molecule has 92 valence electrons. The molecule has 18 heavy (non-hydrogen) atoms. The van der Waals surface area contributed by atoms with E-state index in [0.717, 1.165) is 29.7 Å². The lowest BCUT2D eigenvalue weighted by molar-refractivity contribution is 0.00415. The highest BCUT2D eigenvalue weighted by atomic mass is 19.1. The first kappa shape index (κ1) is 10.3. The Balaban J connectivity index is 1.91. The fourth-order valence-corrected chi connectivity index (χ4v) is 3.21. The molecule has 1 N–H and O–H groups in total. The standard InChI is InChI=1S/C14H13FN2O/c15-8-1-2-9-11(5-8)12-6-16-7-17(12)14(9)10-3-4-13(10)18/h1-2,5-7,10,13-14,18H,3-4H2/t10-,13-,14-/m0/s1. The van der Waals surface area contributed by atoms with E-state index in [-0.39, 0.29) is 23.9 Å². The van der Waals surface area contributed by atoms with E-state index in [1.54, 1.807) is 18.6 Å². The van der Waals surface area contributed by atoms with Crippen molar-refractivity contribution in [2.75, 3.05) is 0 Å². The molecule has 1 fully saturated rings. The van der Waals surface area contributed by atoms with Crippen LogP contribution in [-0.2, 0) is 0 Å². The minimum absolute atomic E-state index is 0.113. The number of benzene rings is 1. The molecule has 2 aliphatic rings. The van der Waals surface area contributed by atoms with Gasteiger partial charge in [0.15, 0.2) is 0 Å². The van der Waals surface area contributed by atoms with E-state index in [9.17, 15) is 9.50 Å². The van der Waals surface area contributed by atoms with Crippen molar-refractivity contribution in [3.05, 3.63) is 42.1 Å². The van der Waals surface area contributed by atoms with Crippen molar-refractivity contribution in [3.63, 3.8) is 0 Å². The molecule has 3 atom stereocenters. The fourth-order valence-electron chi connectivity index (χ4n) is 3.21. The van der Waals surface area contributed by atoms with E-state index >= 15 is 0 Å². The van der Waals surface area contributed by atoms with Gasteiger partial charge in [0.05, 0.1) is 30.4 Å². The van der Waals surface area contributed by atoms with E-state index in [0.29, 0.717) is 0 Å². The molecule has 0 spiro atoms. The van der Waals surface area contributed by atoms with Gasteiger partial charge < -0.3 is 9.67 Å². The lowest BCUT2D eigenvalue weighted by atomic mass is 9.74. The molecule has 1 saturated carbocycles. The van der Waals surface area contributed by atoms with Crippen LogP contribution in [0.4, 0.5) is 4.39 Å². The van der Waals surface area contributed by atoms with Gasteiger partial charge in [0, 0.05) is 11.5 Å². The first-order valence-corrected chi connectivity index (χ1v) is 6.25. The Morgan fingerprint density at radius 1 is 1.33 bits per heavy atom. The lowest BCUT2D eigenvalue weighted by Crippen LogP contribution is -2.37. The maximum absolute atomic E-state index is 13.4. The van der Waals surface area contributed by atoms with Crippen molar-refractivity contribution < 1.29 is 9.50 Å². The zero-order chi connectivity index (χ0) is 12.3. The van der Waals surface area contributed by atoms with Crippen LogP contribution in [-0.4, -0.2) is 20.8 Å². The summed E-state index contributed by atoms with van der Waals surface area (Å²) in [5.41, 5.74) is 2.97. The van der Waals surface area contributed by atoms with Gasteiger partial charge in [-0.3, -0.25) is 0 Å². The van der Waals surface area contributed by atoms with E-state index in [1.807, 2.05) is 6.07 Å². The van der Waals surface area contributed by atoms with Gasteiger partial charge in [-0.1, -0.05) is 6.07 Å². The number of halogens is 1. The molecule has 1 aliphatic carbocycles. The van der Waals surface area contributed by atoms with Crippen molar-refractivity contribution in [3.8, 4) is 11.3 Å². The summed E-state index contributed by atoms with van der Waals surface area (Å²) in [6, 6.07) is 5.01. The second-order valence-electron chi connectivity index (χ2n) is 5.17. The van der Waals surface area contributed by atoms with Crippen LogP contribution in [0.5, 0.6) is 0 Å². The van der Waals surface area contributed by atoms with Crippen LogP contribution in [0.15, 0.2) is 30.7 Å². The van der Waals surface area contributed by atoms with Gasteiger partial charge >= 0.3 is 0 Å². The second-order valence-corrected chi connectivity index (χ2v) is 5.17. The summed E-state index contributed by atoms with van der Waals surface area (Å²) < 4.78 is 15.5. The van der Waals surface area contributed by atoms with Crippen LogP contribution in [0.25, 0.3) is 11.3 Å². The summed E-state index contributed by atoms with van der Waals surface area (Å²) in [5, 5.41) is 9.90. The molecule has 3 nitrogen and oxygen atoms in total. The van der Waals surface area contributed by atoms with Crippen molar-refractivity contribution in [2.24, 2.45) is 5.92 Å². The van der Waals surface area contributed by atoms with Crippen molar-refractivity contribution in [2.45, 2.75) is 25.0 Å². The quantitative estimate of drug-likeness (QED) is 0.836. The monoisotopic (exact) mass is 244 g/mol. The predicted molar refractivity (Wildman–Crippen MR) is 64.5 cm³/mol. The third-order valence-electron chi connectivity index (χ3n) is 4.27. The molecule has 4 heteroatoms. The Morgan fingerprint density at radius 3 is 2.94 bits per heavy atom. The van der Waals surface area contributed by atoms with Crippen molar-refractivity contribution >= 4 is 0 Å². The van der Waals surface area contributed by atoms with Gasteiger partial charge in [0.2, 0.25) is 0 Å². The van der Waals surface area contributed by atoms with Crippen LogP contribution < -0.4 is 0 Å². The molecule has 0 amide bonds. The van der Waals surface area contributed by atoms with Crippen molar-refractivity contribution in [1.29, 1.82) is 0 Å². The maximum atomic E-state index is 13.4. The Labute approximate surface area is 104 Å². The minimum Gasteiger partial charge on any atom is -0.393 e. The molecule has 1 aliphatic heterocycles. The maximum Gasteiger partial charge on any atom is 0.123 e. The average Bonchev–Trinajstić information content (AvgIpc) is 2.91. The SMILES string of the molecule is O[C@H]1CC[C@@H]1[C@@H]1c2ccc(F)cc2-c2cncn21. The van der Waals surface area contributed by atoms with Crippen LogP contribution in [0.2, 0.25) is 0 Å². The first-order chi connectivity index (χ1) is 8.75. The highest BCUT2D eigenvalue weighted by molar-refractivity contribution is 5.69. The van der Waals surface area contributed by atoms with Gasteiger partial charge in [-0.2, -0.15) is 0 Å². The van der Waals surface area contributed by atoms with E-state index in [1.165, 1.54) is 6.07 Å². The molecule has 0 bridgehead atoms. The van der Waals surface area contributed by atoms with Crippen LogP contribution in [0, 0.1) is 11.7 Å². The number of nitrogens with zero attached hydrogens (tertiary/aromatic N) is 2. The fraction of sp³-hybridized carbons (Fsp3) is 0.357. The second kappa shape index (κ2) is 3.42. The first-order valence-electron chi connectivity index (χ1n) is 6.25. The number of rotatable bonds is 1. The molecule has 4 rings (SSSR count). The summed E-state index contributed by atoms with van der Waals surface area (Å²) in [5.74, 6) is 0.000897. The number of imidazole rings is 1. The largest absolute Gasteiger partial charge is 0.393 e. The summed E-state index contributed by atoms with van der Waals surface area (Å²) in [6.07, 6.45) is 5.18. The Kier molecular flexibility index (Phi) is 1.95. The molecule has 2 aromatic rings. The molecule has 1 aromatic heterocycles. The molecule has 1 aromatic carbocycles. The Bertz CT molecular complexity index is 622. The number of fused-ring (bicyclic) bond motifs is 3. The average molecular weight is 244 g/mol.